The zero-order valence-corrected chi connectivity index (χ0v) is 8.09. The quantitative estimate of drug-likeness (QED) is 0.698. The molecule has 6 heteroatoms. The van der Waals surface area contributed by atoms with Crippen LogP contribution in [0.4, 0.5) is 0 Å². The van der Waals surface area contributed by atoms with Crippen molar-refractivity contribution in [2.45, 2.75) is 0 Å². The van der Waals surface area contributed by atoms with E-state index in [1.807, 2.05) is 0 Å². The van der Waals surface area contributed by atoms with Gasteiger partial charge < -0.3 is 15.2 Å². The highest BCUT2D eigenvalue weighted by Crippen LogP contribution is 2.16. The van der Waals surface area contributed by atoms with Crippen LogP contribution in [-0.2, 0) is 0 Å². The van der Waals surface area contributed by atoms with E-state index >= 15 is 0 Å². The highest BCUT2D eigenvalue weighted by atomic mass is 32.1. The van der Waals surface area contributed by atoms with Gasteiger partial charge in [-0.2, -0.15) is 9.97 Å². The molecule has 0 aliphatic carbocycles. The minimum atomic E-state index is 0.151. The Morgan fingerprint density at radius 1 is 1.46 bits per heavy atom. The van der Waals surface area contributed by atoms with E-state index in [0.29, 0.717) is 11.4 Å². The molecule has 0 unspecified atom stereocenters. The Kier molecular flexibility index (Phi) is 2.97. The number of hydrogen-bond acceptors (Lipinski definition) is 5. The molecule has 1 aromatic rings. The molecular weight excluding hydrogens is 190 g/mol. The molecule has 0 saturated carbocycles. The van der Waals surface area contributed by atoms with Gasteiger partial charge in [0.25, 0.3) is 0 Å². The lowest BCUT2D eigenvalue weighted by molar-refractivity contribution is 0.368. The fraction of sp³-hybridized carbons (Fsp3) is 0.286. The molecule has 0 amide bonds. The van der Waals surface area contributed by atoms with Gasteiger partial charge in [0.2, 0.25) is 0 Å². The zero-order valence-electron chi connectivity index (χ0n) is 7.27. The standard InChI is InChI=1S/C7H9N3O2S/c1-11-4-3-9-7(12-2)10-5(4)6(8)13/h3H,1-2H3,(H2,8,13). The van der Waals surface area contributed by atoms with Gasteiger partial charge in [0.05, 0.1) is 20.4 Å². The lowest BCUT2D eigenvalue weighted by Crippen LogP contribution is -2.14. The molecule has 0 saturated heterocycles. The van der Waals surface area contributed by atoms with Crippen molar-refractivity contribution in [2.24, 2.45) is 5.73 Å². The number of hydrogen-bond donors (Lipinski definition) is 1. The first kappa shape index (κ1) is 9.66. The van der Waals surface area contributed by atoms with E-state index < -0.39 is 0 Å². The minimum absolute atomic E-state index is 0.151. The number of ether oxygens (including phenoxy) is 2. The average Bonchev–Trinajstić information content (AvgIpc) is 2.16. The highest BCUT2D eigenvalue weighted by Gasteiger charge is 2.09. The maximum atomic E-state index is 5.42. The van der Waals surface area contributed by atoms with E-state index in [4.69, 9.17) is 27.4 Å². The second-order valence-electron chi connectivity index (χ2n) is 2.14. The predicted molar refractivity (Wildman–Crippen MR) is 51.0 cm³/mol. The first-order valence-electron chi connectivity index (χ1n) is 3.44. The van der Waals surface area contributed by atoms with Gasteiger partial charge in [-0.05, 0) is 0 Å². The number of rotatable bonds is 3. The molecule has 2 N–H and O–H groups in total. The summed E-state index contributed by atoms with van der Waals surface area (Å²) in [7, 11) is 2.96. The van der Waals surface area contributed by atoms with Crippen LogP contribution in [0, 0.1) is 0 Å². The average molecular weight is 199 g/mol. The SMILES string of the molecule is COc1ncc(OC)c(C(N)=S)n1. The lowest BCUT2D eigenvalue weighted by Gasteiger charge is -2.05. The van der Waals surface area contributed by atoms with Crippen LogP contribution >= 0.6 is 12.2 Å². The molecule has 0 radical (unpaired) electrons. The molecule has 1 aromatic heterocycles. The third-order valence-corrected chi connectivity index (χ3v) is 1.56. The van der Waals surface area contributed by atoms with Crippen molar-refractivity contribution >= 4 is 17.2 Å². The summed E-state index contributed by atoms with van der Waals surface area (Å²) in [4.78, 5) is 7.93. The van der Waals surface area contributed by atoms with Gasteiger partial charge in [-0.15, -0.1) is 0 Å². The molecule has 1 rings (SSSR count). The van der Waals surface area contributed by atoms with E-state index in [0.717, 1.165) is 0 Å². The van der Waals surface area contributed by atoms with E-state index in [9.17, 15) is 0 Å². The van der Waals surface area contributed by atoms with Crippen molar-refractivity contribution in [1.82, 2.24) is 9.97 Å². The monoisotopic (exact) mass is 199 g/mol. The van der Waals surface area contributed by atoms with E-state index in [2.05, 4.69) is 9.97 Å². The molecule has 0 atom stereocenters. The van der Waals surface area contributed by atoms with Gasteiger partial charge in [-0.1, -0.05) is 12.2 Å². The summed E-state index contributed by atoms with van der Waals surface area (Å²) in [6.45, 7) is 0. The van der Waals surface area contributed by atoms with Crippen LogP contribution in [0.2, 0.25) is 0 Å². The van der Waals surface area contributed by atoms with Crippen LogP contribution in [0.15, 0.2) is 6.20 Å². The Hall–Kier alpha value is -1.43. The number of aromatic nitrogens is 2. The van der Waals surface area contributed by atoms with Crippen molar-refractivity contribution in [3.05, 3.63) is 11.9 Å². The van der Waals surface area contributed by atoms with Crippen molar-refractivity contribution < 1.29 is 9.47 Å². The molecule has 0 aliphatic heterocycles. The van der Waals surface area contributed by atoms with E-state index in [-0.39, 0.29) is 11.0 Å². The third-order valence-electron chi connectivity index (χ3n) is 1.37. The Labute approximate surface area is 80.9 Å². The zero-order chi connectivity index (χ0) is 9.84. The van der Waals surface area contributed by atoms with Crippen LogP contribution < -0.4 is 15.2 Å². The first-order chi connectivity index (χ1) is 6.19. The number of methoxy groups -OCH3 is 2. The van der Waals surface area contributed by atoms with Gasteiger partial charge in [0.15, 0.2) is 5.75 Å². The maximum Gasteiger partial charge on any atom is 0.316 e. The van der Waals surface area contributed by atoms with Gasteiger partial charge in [0.1, 0.15) is 10.7 Å². The van der Waals surface area contributed by atoms with Crippen LogP contribution in [0.25, 0.3) is 0 Å². The van der Waals surface area contributed by atoms with E-state index in [1.165, 1.54) is 20.4 Å². The van der Waals surface area contributed by atoms with Crippen LogP contribution in [0.3, 0.4) is 0 Å². The fourth-order valence-electron chi connectivity index (χ4n) is 0.779. The number of thiocarbonyl (C=S) groups is 1. The smallest absolute Gasteiger partial charge is 0.316 e. The first-order valence-corrected chi connectivity index (χ1v) is 3.84. The molecule has 13 heavy (non-hydrogen) atoms. The van der Waals surface area contributed by atoms with Gasteiger partial charge in [-0.3, -0.25) is 0 Å². The molecule has 70 valence electrons. The summed E-state index contributed by atoms with van der Waals surface area (Å²) < 4.78 is 9.77. The molecule has 0 spiro atoms. The second kappa shape index (κ2) is 3.99. The minimum Gasteiger partial charge on any atom is -0.493 e. The normalized spacial score (nSPS) is 9.38. The third kappa shape index (κ3) is 2.03. The van der Waals surface area contributed by atoms with Gasteiger partial charge in [0, 0.05) is 0 Å². The molecule has 1 heterocycles. The van der Waals surface area contributed by atoms with Gasteiger partial charge in [-0.25, -0.2) is 0 Å². The maximum absolute atomic E-state index is 5.42. The summed E-state index contributed by atoms with van der Waals surface area (Å²) in [5, 5.41) is 0. The van der Waals surface area contributed by atoms with Crippen molar-refractivity contribution in [3.8, 4) is 11.8 Å². The summed E-state index contributed by atoms with van der Waals surface area (Å²) in [6.07, 6.45) is 1.46. The molecule has 0 fully saturated rings. The van der Waals surface area contributed by atoms with Crippen molar-refractivity contribution in [3.63, 3.8) is 0 Å². The summed E-state index contributed by atoms with van der Waals surface area (Å²) >= 11 is 4.78. The van der Waals surface area contributed by atoms with Crippen molar-refractivity contribution in [2.75, 3.05) is 14.2 Å². The molecule has 0 bridgehead atoms. The largest absolute Gasteiger partial charge is 0.493 e. The van der Waals surface area contributed by atoms with Crippen LogP contribution in [-0.4, -0.2) is 29.2 Å². The Morgan fingerprint density at radius 3 is 2.62 bits per heavy atom. The van der Waals surface area contributed by atoms with Gasteiger partial charge >= 0.3 is 6.01 Å². The Bertz CT molecular complexity index is 330. The van der Waals surface area contributed by atoms with Crippen LogP contribution in [0.1, 0.15) is 5.69 Å². The molecule has 5 nitrogen and oxygen atoms in total. The van der Waals surface area contributed by atoms with E-state index in [1.54, 1.807) is 0 Å². The van der Waals surface area contributed by atoms with Crippen molar-refractivity contribution in [1.29, 1.82) is 0 Å². The Balaban J connectivity index is 3.18. The topological polar surface area (TPSA) is 70.3 Å². The highest BCUT2D eigenvalue weighted by molar-refractivity contribution is 7.80. The molecule has 0 aliphatic rings. The fourth-order valence-corrected chi connectivity index (χ4v) is 0.925. The molecule has 0 aromatic carbocycles. The van der Waals surface area contributed by atoms with Crippen LogP contribution in [0.5, 0.6) is 11.8 Å². The molecular formula is C7H9N3O2S. The summed E-state index contributed by atoms with van der Waals surface area (Å²) in [5.74, 6) is 0.438. The number of nitrogens with zero attached hydrogens (tertiary/aromatic N) is 2. The summed E-state index contributed by atoms with van der Waals surface area (Å²) in [6, 6.07) is 0.212. The number of nitrogens with two attached hydrogens (primary N) is 1. The summed E-state index contributed by atoms with van der Waals surface area (Å²) in [5.41, 5.74) is 5.80. The Morgan fingerprint density at radius 2 is 2.15 bits per heavy atom. The predicted octanol–water partition coefficient (Wildman–Crippen LogP) is 0.128. The second-order valence-corrected chi connectivity index (χ2v) is 2.58. The lowest BCUT2D eigenvalue weighted by atomic mass is 10.4.